The molecule has 1 aromatic rings. The van der Waals surface area contributed by atoms with E-state index < -0.39 is 0 Å². The van der Waals surface area contributed by atoms with Gasteiger partial charge in [0.15, 0.2) is 0 Å². The summed E-state index contributed by atoms with van der Waals surface area (Å²) in [7, 11) is 0. The summed E-state index contributed by atoms with van der Waals surface area (Å²) in [5.74, 6) is 0.298. The third kappa shape index (κ3) is 4.25. The Bertz CT molecular complexity index is 491. The highest BCUT2D eigenvalue weighted by Gasteiger charge is 2.13. The molecular weight excluding hydrogens is 240 g/mol. The van der Waals surface area contributed by atoms with Crippen molar-refractivity contribution >= 4 is 23.2 Å². The molecule has 0 saturated carbocycles. The zero-order valence-corrected chi connectivity index (χ0v) is 11.0. The normalized spacial score (nSPS) is 17.2. The first-order valence-corrected chi connectivity index (χ1v) is 6.47. The van der Waals surface area contributed by atoms with E-state index in [1.165, 1.54) is 6.92 Å². The van der Waals surface area contributed by atoms with Crippen LogP contribution >= 0.6 is 0 Å². The molecule has 2 rings (SSSR count). The average molecular weight is 258 g/mol. The highest BCUT2D eigenvalue weighted by atomic mass is 16.2. The molecule has 1 aliphatic rings. The van der Waals surface area contributed by atoms with Crippen molar-refractivity contribution in [2.45, 2.75) is 26.2 Å². The molecule has 0 aliphatic heterocycles. The van der Waals surface area contributed by atoms with Gasteiger partial charge < -0.3 is 10.6 Å². The monoisotopic (exact) mass is 258 g/mol. The Morgan fingerprint density at radius 1 is 1.16 bits per heavy atom. The van der Waals surface area contributed by atoms with Gasteiger partial charge in [0.05, 0.1) is 0 Å². The molecule has 2 amide bonds. The van der Waals surface area contributed by atoms with Crippen LogP contribution in [-0.2, 0) is 9.59 Å². The van der Waals surface area contributed by atoms with Gasteiger partial charge in [-0.25, -0.2) is 0 Å². The second-order valence-electron chi connectivity index (χ2n) is 4.78. The average Bonchev–Trinajstić information content (AvgIpc) is 2.83. The van der Waals surface area contributed by atoms with Gasteiger partial charge >= 0.3 is 0 Å². The Kier molecular flexibility index (Phi) is 4.34. The van der Waals surface area contributed by atoms with Crippen molar-refractivity contribution in [3.8, 4) is 0 Å². The number of benzene rings is 1. The van der Waals surface area contributed by atoms with Gasteiger partial charge in [-0.05, 0) is 43.0 Å². The van der Waals surface area contributed by atoms with Crippen LogP contribution in [0.25, 0.3) is 0 Å². The maximum absolute atomic E-state index is 11.8. The van der Waals surface area contributed by atoms with Crippen LogP contribution < -0.4 is 10.6 Å². The first kappa shape index (κ1) is 13.3. The minimum Gasteiger partial charge on any atom is -0.326 e. The van der Waals surface area contributed by atoms with Gasteiger partial charge in [-0.3, -0.25) is 9.59 Å². The van der Waals surface area contributed by atoms with Crippen LogP contribution in [0.5, 0.6) is 0 Å². The molecule has 1 unspecified atom stereocenters. The fourth-order valence-corrected chi connectivity index (χ4v) is 2.16. The molecule has 0 bridgehead atoms. The number of rotatable bonds is 4. The number of hydrogen-bond donors (Lipinski definition) is 2. The lowest BCUT2D eigenvalue weighted by Crippen LogP contribution is -2.14. The van der Waals surface area contributed by atoms with Crippen LogP contribution in [0.4, 0.5) is 11.4 Å². The van der Waals surface area contributed by atoms with Crippen LogP contribution in [0.15, 0.2) is 36.4 Å². The number of hydrogen-bond acceptors (Lipinski definition) is 2. The Morgan fingerprint density at radius 2 is 1.79 bits per heavy atom. The second-order valence-corrected chi connectivity index (χ2v) is 4.78. The summed E-state index contributed by atoms with van der Waals surface area (Å²) in [6.45, 7) is 1.46. The van der Waals surface area contributed by atoms with E-state index in [0.717, 1.165) is 24.2 Å². The lowest BCUT2D eigenvalue weighted by atomic mass is 10.1. The molecule has 0 heterocycles. The molecule has 0 fully saturated rings. The van der Waals surface area contributed by atoms with Gasteiger partial charge in [0.1, 0.15) is 0 Å². The third-order valence-electron chi connectivity index (χ3n) is 3.05. The van der Waals surface area contributed by atoms with E-state index >= 15 is 0 Å². The fourth-order valence-electron chi connectivity index (χ4n) is 2.16. The number of anilines is 2. The fraction of sp³-hybridized carbons (Fsp3) is 0.333. The van der Waals surface area contributed by atoms with Crippen LogP contribution in [-0.4, -0.2) is 11.8 Å². The number of carbonyl (C=O) groups is 2. The smallest absolute Gasteiger partial charge is 0.224 e. The van der Waals surface area contributed by atoms with Crippen molar-refractivity contribution < 1.29 is 9.59 Å². The Balaban J connectivity index is 1.86. The first-order chi connectivity index (χ1) is 9.13. The predicted octanol–water partition coefficient (Wildman–Crippen LogP) is 2.94. The predicted molar refractivity (Wildman–Crippen MR) is 75.9 cm³/mol. The largest absolute Gasteiger partial charge is 0.326 e. The van der Waals surface area contributed by atoms with Crippen molar-refractivity contribution in [1.82, 2.24) is 0 Å². The van der Waals surface area contributed by atoms with Crippen molar-refractivity contribution in [1.29, 1.82) is 0 Å². The molecule has 0 saturated heterocycles. The van der Waals surface area contributed by atoms with E-state index in [9.17, 15) is 9.59 Å². The highest BCUT2D eigenvalue weighted by Crippen LogP contribution is 2.21. The quantitative estimate of drug-likeness (QED) is 0.816. The Morgan fingerprint density at radius 3 is 2.32 bits per heavy atom. The summed E-state index contributed by atoms with van der Waals surface area (Å²) in [4.78, 5) is 22.7. The minimum absolute atomic E-state index is 0.0313. The van der Waals surface area contributed by atoms with Gasteiger partial charge in [-0.2, -0.15) is 0 Å². The summed E-state index contributed by atoms with van der Waals surface area (Å²) in [5.41, 5.74) is 1.48. The molecule has 1 aliphatic carbocycles. The van der Waals surface area contributed by atoms with Crippen LogP contribution in [0, 0.1) is 5.92 Å². The topological polar surface area (TPSA) is 58.2 Å². The van der Waals surface area contributed by atoms with Crippen LogP contribution in [0.1, 0.15) is 26.2 Å². The van der Waals surface area contributed by atoms with Crippen molar-refractivity contribution in [3.63, 3.8) is 0 Å². The maximum Gasteiger partial charge on any atom is 0.224 e. The Hall–Kier alpha value is -2.10. The summed E-state index contributed by atoms with van der Waals surface area (Å²) < 4.78 is 0. The van der Waals surface area contributed by atoms with Gasteiger partial charge in [0.25, 0.3) is 0 Å². The molecule has 4 heteroatoms. The molecular formula is C15H18N2O2. The summed E-state index contributed by atoms with van der Waals surface area (Å²) in [6.07, 6.45) is 6.90. The Labute approximate surface area is 112 Å². The molecule has 2 N–H and O–H groups in total. The van der Waals surface area contributed by atoms with Crippen molar-refractivity contribution in [2.24, 2.45) is 5.92 Å². The lowest BCUT2D eigenvalue weighted by molar-refractivity contribution is -0.117. The highest BCUT2D eigenvalue weighted by molar-refractivity contribution is 5.92. The van der Waals surface area contributed by atoms with Gasteiger partial charge in [0.2, 0.25) is 11.8 Å². The van der Waals surface area contributed by atoms with E-state index in [1.807, 2.05) is 0 Å². The molecule has 19 heavy (non-hydrogen) atoms. The third-order valence-corrected chi connectivity index (χ3v) is 3.05. The van der Waals surface area contributed by atoms with Crippen molar-refractivity contribution in [3.05, 3.63) is 36.4 Å². The zero-order chi connectivity index (χ0) is 13.7. The summed E-state index contributed by atoms with van der Waals surface area (Å²) >= 11 is 0. The lowest BCUT2D eigenvalue weighted by Gasteiger charge is -2.09. The molecule has 1 aromatic carbocycles. The second kappa shape index (κ2) is 6.18. The molecule has 1 atom stereocenters. The van der Waals surface area contributed by atoms with Crippen LogP contribution in [0.2, 0.25) is 0 Å². The minimum atomic E-state index is -0.107. The number of carbonyl (C=O) groups excluding carboxylic acids is 2. The molecule has 0 spiro atoms. The van der Waals surface area contributed by atoms with E-state index in [2.05, 4.69) is 22.8 Å². The standard InChI is InChI=1S/C15H18N2O2/c1-11(18)16-13-6-8-14(9-7-13)17-15(19)10-12-4-2-3-5-12/h2,4,6-9,12H,3,5,10H2,1H3,(H,16,18)(H,17,19). The SMILES string of the molecule is CC(=O)Nc1ccc(NC(=O)CC2C=CCC2)cc1. The first-order valence-electron chi connectivity index (χ1n) is 6.47. The van der Waals surface area contributed by atoms with Gasteiger partial charge in [-0.1, -0.05) is 12.2 Å². The molecule has 100 valence electrons. The van der Waals surface area contributed by atoms with E-state index in [0.29, 0.717) is 12.3 Å². The summed E-state index contributed by atoms with van der Waals surface area (Å²) in [6, 6.07) is 7.11. The van der Waals surface area contributed by atoms with Crippen molar-refractivity contribution in [2.75, 3.05) is 10.6 Å². The molecule has 0 aromatic heterocycles. The molecule has 0 radical (unpaired) electrons. The number of allylic oxidation sites excluding steroid dienone is 2. The van der Waals surface area contributed by atoms with E-state index in [1.54, 1.807) is 24.3 Å². The van der Waals surface area contributed by atoms with E-state index in [-0.39, 0.29) is 11.8 Å². The van der Waals surface area contributed by atoms with Gasteiger partial charge in [0, 0.05) is 24.7 Å². The number of nitrogens with one attached hydrogen (secondary N) is 2. The molecule has 4 nitrogen and oxygen atoms in total. The van der Waals surface area contributed by atoms with Gasteiger partial charge in [-0.15, -0.1) is 0 Å². The summed E-state index contributed by atoms with van der Waals surface area (Å²) in [5, 5.41) is 5.55. The van der Waals surface area contributed by atoms with E-state index in [4.69, 9.17) is 0 Å². The number of amides is 2. The maximum atomic E-state index is 11.8. The van der Waals surface area contributed by atoms with Crippen LogP contribution in [0.3, 0.4) is 0 Å². The zero-order valence-electron chi connectivity index (χ0n) is 11.0.